The van der Waals surface area contributed by atoms with E-state index in [-0.39, 0.29) is 12.5 Å². The van der Waals surface area contributed by atoms with E-state index in [0.717, 1.165) is 0 Å². The van der Waals surface area contributed by atoms with Crippen molar-refractivity contribution in [2.24, 2.45) is 0 Å². The first-order valence-corrected chi connectivity index (χ1v) is 8.40. The Bertz CT molecular complexity index is 492. The van der Waals surface area contributed by atoms with E-state index in [1.165, 1.54) is 4.90 Å². The van der Waals surface area contributed by atoms with Crippen molar-refractivity contribution >= 4 is 61.6 Å². The normalized spacial score (nSPS) is 39.3. The molecule has 2 fully saturated rings. The van der Waals surface area contributed by atoms with Gasteiger partial charge in [-0.3, -0.25) is 9.69 Å². The van der Waals surface area contributed by atoms with Crippen LogP contribution in [0.15, 0.2) is 0 Å². The van der Waals surface area contributed by atoms with Gasteiger partial charge in [0.25, 0.3) is 5.91 Å². The summed E-state index contributed by atoms with van der Waals surface area (Å²) in [4.78, 5) is 25.3. The summed E-state index contributed by atoms with van der Waals surface area (Å²) in [5, 5.41) is 7.87. The minimum atomic E-state index is -1.40. The summed E-state index contributed by atoms with van der Waals surface area (Å²) in [5.74, 6) is -0.980. The predicted molar refractivity (Wildman–Crippen MR) is 78.9 cm³/mol. The summed E-state index contributed by atoms with van der Waals surface area (Å²) >= 11 is 3.75. The van der Waals surface area contributed by atoms with Crippen LogP contribution in [0.25, 0.3) is 0 Å². The van der Waals surface area contributed by atoms with E-state index in [1.54, 1.807) is 19.9 Å². The minimum absolute atomic E-state index is 0.295. The lowest BCUT2D eigenvalue weighted by Gasteiger charge is -2.44. The minimum Gasteiger partial charge on any atom is -0.614 e. The highest BCUT2D eigenvalue weighted by atomic mass is 127. The number of halogens is 2. The SMILES string of the molecule is CC1(C)[C@H](C(=O)OCC#N)N2C(=O)[C@@](Br)(I)[C@H]2[S+]1[O-]. The third kappa shape index (κ3) is 1.99. The van der Waals surface area contributed by atoms with Crippen molar-refractivity contribution in [2.75, 3.05) is 6.61 Å². The van der Waals surface area contributed by atoms with Gasteiger partial charge in [-0.15, -0.1) is 0 Å². The molecule has 104 valence electrons. The van der Waals surface area contributed by atoms with Crippen LogP contribution in [-0.4, -0.2) is 46.4 Å². The number of alkyl halides is 2. The molecule has 9 heteroatoms. The van der Waals surface area contributed by atoms with Gasteiger partial charge in [-0.05, 0) is 47.6 Å². The molecule has 0 radical (unpaired) electrons. The van der Waals surface area contributed by atoms with Crippen LogP contribution < -0.4 is 0 Å². The second-order valence-electron chi connectivity index (χ2n) is 4.76. The van der Waals surface area contributed by atoms with Crippen LogP contribution in [0.4, 0.5) is 0 Å². The Kier molecular flexibility index (Phi) is 3.84. The van der Waals surface area contributed by atoms with Gasteiger partial charge in [-0.2, -0.15) is 5.26 Å². The van der Waals surface area contributed by atoms with Crippen molar-refractivity contribution in [1.82, 2.24) is 4.90 Å². The van der Waals surface area contributed by atoms with Crippen LogP contribution in [-0.2, 0) is 25.5 Å². The third-order valence-electron chi connectivity index (χ3n) is 3.24. The molecule has 0 bridgehead atoms. The Labute approximate surface area is 135 Å². The molecule has 1 amide bonds. The summed E-state index contributed by atoms with van der Waals surface area (Å²) in [6.07, 6.45) is 0. The van der Waals surface area contributed by atoms with Gasteiger partial charge in [0.2, 0.25) is 7.70 Å². The zero-order valence-electron chi connectivity index (χ0n) is 10.1. The number of ether oxygens (including phenoxy) is 1. The molecule has 2 heterocycles. The monoisotopic (exact) mass is 460 g/mol. The Balaban J connectivity index is 2.32. The quantitative estimate of drug-likeness (QED) is 0.198. The highest BCUT2D eigenvalue weighted by Crippen LogP contribution is 2.56. The van der Waals surface area contributed by atoms with E-state index >= 15 is 0 Å². The largest absolute Gasteiger partial charge is 0.614 e. The van der Waals surface area contributed by atoms with Gasteiger partial charge in [0.15, 0.2) is 17.4 Å². The van der Waals surface area contributed by atoms with Gasteiger partial charge >= 0.3 is 5.97 Å². The fourth-order valence-electron chi connectivity index (χ4n) is 2.30. The molecule has 19 heavy (non-hydrogen) atoms. The maximum Gasteiger partial charge on any atom is 0.335 e. The Morgan fingerprint density at radius 3 is 2.84 bits per heavy atom. The van der Waals surface area contributed by atoms with Crippen molar-refractivity contribution in [3.05, 3.63) is 0 Å². The van der Waals surface area contributed by atoms with Crippen molar-refractivity contribution in [3.63, 3.8) is 0 Å². The fourth-order valence-corrected chi connectivity index (χ4v) is 6.30. The molecule has 1 unspecified atom stereocenters. The Hall–Kier alpha value is -0.0500. The van der Waals surface area contributed by atoms with Crippen LogP contribution in [0.1, 0.15) is 13.8 Å². The molecule has 0 aromatic heterocycles. The molecule has 0 aliphatic carbocycles. The van der Waals surface area contributed by atoms with Crippen LogP contribution in [0, 0.1) is 11.3 Å². The van der Waals surface area contributed by atoms with Crippen LogP contribution in [0.5, 0.6) is 0 Å². The third-order valence-corrected chi connectivity index (χ3v) is 8.04. The van der Waals surface area contributed by atoms with E-state index in [4.69, 9.17) is 10.00 Å². The molecule has 4 atom stereocenters. The maximum atomic E-state index is 12.4. The van der Waals surface area contributed by atoms with E-state index in [0.29, 0.717) is 0 Å². The lowest BCUT2D eigenvalue weighted by molar-refractivity contribution is -0.160. The zero-order chi connectivity index (χ0) is 14.6. The molecular formula is C10H10BrIN2O4S. The molecule has 2 saturated heterocycles. The molecule has 2 rings (SSSR count). The number of amides is 1. The number of hydrogen-bond acceptors (Lipinski definition) is 5. The number of nitrogens with zero attached hydrogens (tertiary/aromatic N) is 2. The highest BCUT2D eigenvalue weighted by molar-refractivity contribution is 14.1. The summed E-state index contributed by atoms with van der Waals surface area (Å²) in [6.45, 7) is 2.94. The number of hydrogen-bond donors (Lipinski definition) is 0. The molecule has 0 aromatic rings. The molecular weight excluding hydrogens is 451 g/mol. The van der Waals surface area contributed by atoms with Gasteiger partial charge in [0.05, 0.1) is 0 Å². The van der Waals surface area contributed by atoms with Gasteiger partial charge in [0.1, 0.15) is 6.07 Å². The zero-order valence-corrected chi connectivity index (χ0v) is 14.6. The number of carbonyl (C=O) groups is 2. The maximum absolute atomic E-state index is 12.4. The van der Waals surface area contributed by atoms with Gasteiger partial charge in [-0.1, -0.05) is 15.9 Å². The topological polar surface area (TPSA) is 93.5 Å². The van der Waals surface area contributed by atoms with E-state index in [1.807, 2.05) is 22.6 Å². The van der Waals surface area contributed by atoms with E-state index < -0.39 is 35.6 Å². The standard InChI is InChI=1S/C10H10BrIN2O4S/c1-9(2)5(6(15)18-4-3-13)14-7(16)10(11,12)8(14)19(9)17/h5,8H,4H2,1-2H3/t5-,8+,10+,19?/m0/s1. The molecule has 0 saturated carbocycles. The van der Waals surface area contributed by atoms with Gasteiger partial charge < -0.3 is 9.29 Å². The highest BCUT2D eigenvalue weighted by Gasteiger charge is 2.78. The molecule has 0 aromatic carbocycles. The van der Waals surface area contributed by atoms with Crippen molar-refractivity contribution in [2.45, 2.75) is 32.3 Å². The first-order valence-electron chi connectivity index (χ1n) is 5.32. The Morgan fingerprint density at radius 2 is 2.32 bits per heavy atom. The summed E-state index contributed by atoms with van der Waals surface area (Å²) in [7, 11) is 0. The second-order valence-corrected chi connectivity index (χ2v) is 11.3. The Morgan fingerprint density at radius 1 is 1.74 bits per heavy atom. The molecule has 6 nitrogen and oxygen atoms in total. The van der Waals surface area contributed by atoms with Gasteiger partial charge in [-0.25, -0.2) is 4.79 Å². The van der Waals surface area contributed by atoms with E-state index in [2.05, 4.69) is 15.9 Å². The van der Waals surface area contributed by atoms with E-state index in [9.17, 15) is 14.1 Å². The molecule has 2 aliphatic rings. The summed E-state index contributed by atoms with van der Waals surface area (Å²) < 4.78 is 15.4. The summed E-state index contributed by atoms with van der Waals surface area (Å²) in [6, 6.07) is 0.782. The van der Waals surface area contributed by atoms with Crippen LogP contribution in [0.3, 0.4) is 0 Å². The average molecular weight is 461 g/mol. The molecule has 0 spiro atoms. The summed E-state index contributed by atoms with van der Waals surface area (Å²) in [5.41, 5.74) is 0. The first kappa shape index (κ1) is 15.3. The van der Waals surface area contributed by atoms with Crippen LogP contribution >= 0.6 is 38.5 Å². The van der Waals surface area contributed by atoms with Crippen molar-refractivity contribution in [3.8, 4) is 6.07 Å². The number of fused-ring (bicyclic) bond motifs is 1. The fraction of sp³-hybridized carbons (Fsp3) is 0.700. The van der Waals surface area contributed by atoms with Crippen molar-refractivity contribution in [1.29, 1.82) is 5.26 Å². The number of carbonyl (C=O) groups excluding carboxylic acids is 2. The number of rotatable bonds is 2. The number of esters is 1. The lowest BCUT2D eigenvalue weighted by Crippen LogP contribution is -2.69. The van der Waals surface area contributed by atoms with Crippen molar-refractivity contribution < 1.29 is 18.9 Å². The predicted octanol–water partition coefficient (Wildman–Crippen LogP) is 0.657. The average Bonchev–Trinajstić information content (AvgIpc) is 2.53. The number of nitriles is 1. The van der Waals surface area contributed by atoms with Crippen LogP contribution in [0.2, 0.25) is 0 Å². The lowest BCUT2D eigenvalue weighted by atomic mass is 9.98. The molecule has 2 aliphatic heterocycles. The molecule has 0 N–H and O–H groups in total. The first-order chi connectivity index (χ1) is 8.67. The second kappa shape index (κ2) is 4.75. The smallest absolute Gasteiger partial charge is 0.335 e. The number of β-lactam (4-membered cyclic amide) rings is 1. The van der Waals surface area contributed by atoms with Gasteiger partial charge in [0, 0.05) is 0 Å².